The van der Waals surface area contributed by atoms with Gasteiger partial charge in [0.1, 0.15) is 17.2 Å². The third kappa shape index (κ3) is 4.47. The first-order chi connectivity index (χ1) is 8.74. The topological polar surface area (TPSA) is 49.3 Å². The Kier molecular flexibility index (Phi) is 5.31. The van der Waals surface area contributed by atoms with Crippen molar-refractivity contribution in [3.63, 3.8) is 0 Å². The van der Waals surface area contributed by atoms with Crippen LogP contribution in [0.5, 0.6) is 0 Å². The third-order valence-electron chi connectivity index (χ3n) is 2.49. The van der Waals surface area contributed by atoms with Crippen molar-refractivity contribution in [3.05, 3.63) is 29.8 Å². The molecule has 0 spiro atoms. The van der Waals surface area contributed by atoms with Crippen LogP contribution in [-0.2, 0) is 4.79 Å². The molecule has 0 saturated heterocycles. The number of nitrogens with one attached hydrogen (secondary N) is 1. The second kappa shape index (κ2) is 6.34. The number of thioether (sulfide) groups is 1. The van der Waals surface area contributed by atoms with E-state index in [1.807, 2.05) is 13.8 Å². The first-order valence-corrected chi connectivity index (χ1v) is 6.82. The Hall–Kier alpha value is -1.14. The first kappa shape index (κ1) is 15.9. The Balaban J connectivity index is 2.82. The number of aliphatic carboxylic acids is 1. The summed E-state index contributed by atoms with van der Waals surface area (Å²) in [7, 11) is 0. The van der Waals surface area contributed by atoms with E-state index in [2.05, 4.69) is 5.32 Å². The highest BCUT2D eigenvalue weighted by atomic mass is 32.2. The van der Waals surface area contributed by atoms with Crippen LogP contribution in [0.3, 0.4) is 0 Å². The van der Waals surface area contributed by atoms with Crippen LogP contribution in [0.1, 0.15) is 20.8 Å². The highest BCUT2D eigenvalue weighted by Gasteiger charge is 2.33. The van der Waals surface area contributed by atoms with Crippen LogP contribution in [0.4, 0.5) is 8.78 Å². The zero-order valence-electron chi connectivity index (χ0n) is 11.0. The lowest BCUT2D eigenvalue weighted by Crippen LogP contribution is -2.54. The molecule has 0 aromatic heterocycles. The first-order valence-electron chi connectivity index (χ1n) is 5.83. The summed E-state index contributed by atoms with van der Waals surface area (Å²) in [5.74, 6) is -2.02. The average molecular weight is 289 g/mol. The molecule has 0 aliphatic rings. The van der Waals surface area contributed by atoms with Gasteiger partial charge in [-0.3, -0.25) is 10.1 Å². The molecule has 1 atom stereocenters. The molecular weight excluding hydrogens is 272 g/mol. The monoisotopic (exact) mass is 289 g/mol. The molecule has 0 fully saturated rings. The van der Waals surface area contributed by atoms with Crippen LogP contribution < -0.4 is 5.32 Å². The number of hydrogen-bond donors (Lipinski definition) is 2. The largest absolute Gasteiger partial charge is 0.480 e. The zero-order chi connectivity index (χ0) is 14.6. The van der Waals surface area contributed by atoms with Crippen molar-refractivity contribution in [2.75, 3.05) is 5.75 Å². The average Bonchev–Trinajstić information content (AvgIpc) is 2.29. The lowest BCUT2D eigenvalue weighted by Gasteiger charge is -2.28. The van der Waals surface area contributed by atoms with Gasteiger partial charge in [-0.15, -0.1) is 11.8 Å². The summed E-state index contributed by atoms with van der Waals surface area (Å²) in [5.41, 5.74) is -1.20. The van der Waals surface area contributed by atoms with Crippen molar-refractivity contribution < 1.29 is 18.7 Å². The fourth-order valence-electron chi connectivity index (χ4n) is 1.61. The normalized spacial score (nSPS) is 14.4. The molecule has 1 unspecified atom stereocenters. The van der Waals surface area contributed by atoms with E-state index < -0.39 is 23.1 Å². The molecule has 19 heavy (non-hydrogen) atoms. The van der Waals surface area contributed by atoms with Crippen molar-refractivity contribution >= 4 is 17.7 Å². The highest BCUT2D eigenvalue weighted by Crippen LogP contribution is 2.26. The van der Waals surface area contributed by atoms with E-state index in [4.69, 9.17) is 0 Å². The number of hydrogen-bond acceptors (Lipinski definition) is 3. The molecule has 3 nitrogen and oxygen atoms in total. The Morgan fingerprint density at radius 2 is 2.11 bits per heavy atom. The minimum atomic E-state index is -1.20. The fraction of sp³-hybridized carbons (Fsp3) is 0.462. The second-order valence-electron chi connectivity index (χ2n) is 4.80. The van der Waals surface area contributed by atoms with E-state index in [1.54, 1.807) is 0 Å². The molecule has 0 aliphatic carbocycles. The minimum Gasteiger partial charge on any atom is -0.480 e. The number of rotatable bonds is 6. The molecule has 6 heteroatoms. The van der Waals surface area contributed by atoms with Crippen molar-refractivity contribution in [2.24, 2.45) is 0 Å². The predicted octanol–water partition coefficient (Wildman–Crippen LogP) is 2.90. The van der Waals surface area contributed by atoms with Crippen LogP contribution in [-0.4, -0.2) is 28.4 Å². The van der Waals surface area contributed by atoms with Gasteiger partial charge in [-0.25, -0.2) is 8.78 Å². The summed E-state index contributed by atoms with van der Waals surface area (Å²) in [4.78, 5) is 11.4. The summed E-state index contributed by atoms with van der Waals surface area (Å²) in [5, 5.41) is 12.2. The van der Waals surface area contributed by atoms with Crippen molar-refractivity contribution in [1.29, 1.82) is 0 Å². The van der Waals surface area contributed by atoms with Gasteiger partial charge in [0, 0.05) is 16.7 Å². The van der Waals surface area contributed by atoms with E-state index in [9.17, 15) is 18.7 Å². The molecule has 0 saturated carbocycles. The molecule has 0 heterocycles. The van der Waals surface area contributed by atoms with Crippen LogP contribution in [0.2, 0.25) is 0 Å². The number of halogens is 2. The Morgan fingerprint density at radius 3 is 2.63 bits per heavy atom. The van der Waals surface area contributed by atoms with Gasteiger partial charge in [0.15, 0.2) is 0 Å². The SMILES string of the molecule is CC(C)NC(C)(CSc1cc(F)ccc1F)C(=O)O. The van der Waals surface area contributed by atoms with E-state index in [-0.39, 0.29) is 16.7 Å². The lowest BCUT2D eigenvalue weighted by atomic mass is 10.1. The summed E-state index contributed by atoms with van der Waals surface area (Å²) < 4.78 is 26.5. The van der Waals surface area contributed by atoms with Crippen molar-refractivity contribution in [2.45, 2.75) is 37.2 Å². The second-order valence-corrected chi connectivity index (χ2v) is 5.82. The summed E-state index contributed by atoms with van der Waals surface area (Å²) in [6.07, 6.45) is 0. The van der Waals surface area contributed by atoms with E-state index in [0.29, 0.717) is 0 Å². The maximum Gasteiger partial charge on any atom is 0.324 e. The zero-order valence-corrected chi connectivity index (χ0v) is 11.9. The summed E-state index contributed by atoms with van der Waals surface area (Å²) >= 11 is 0.980. The van der Waals surface area contributed by atoms with Gasteiger partial charge >= 0.3 is 5.97 Å². The van der Waals surface area contributed by atoms with Crippen molar-refractivity contribution in [1.82, 2.24) is 5.32 Å². The van der Waals surface area contributed by atoms with Gasteiger partial charge < -0.3 is 5.11 Å². The number of carboxylic acid groups (broad SMARTS) is 1. The molecular formula is C13H17F2NO2S. The number of benzene rings is 1. The van der Waals surface area contributed by atoms with Crippen LogP contribution in [0.15, 0.2) is 23.1 Å². The Labute approximate surface area is 115 Å². The van der Waals surface area contributed by atoms with Crippen LogP contribution in [0.25, 0.3) is 0 Å². The fourth-order valence-corrected chi connectivity index (χ4v) is 2.67. The van der Waals surface area contributed by atoms with Gasteiger partial charge in [-0.2, -0.15) is 0 Å². The van der Waals surface area contributed by atoms with Crippen LogP contribution >= 0.6 is 11.8 Å². The molecule has 2 N–H and O–H groups in total. The van der Waals surface area contributed by atoms with Gasteiger partial charge in [0.25, 0.3) is 0 Å². The lowest BCUT2D eigenvalue weighted by molar-refractivity contribution is -0.143. The van der Waals surface area contributed by atoms with Gasteiger partial charge in [-0.1, -0.05) is 0 Å². The highest BCUT2D eigenvalue weighted by molar-refractivity contribution is 7.99. The molecule has 1 aromatic carbocycles. The Morgan fingerprint density at radius 1 is 1.47 bits per heavy atom. The van der Waals surface area contributed by atoms with E-state index in [0.717, 1.165) is 30.0 Å². The predicted molar refractivity (Wildman–Crippen MR) is 71.4 cm³/mol. The van der Waals surface area contributed by atoms with Gasteiger partial charge in [-0.05, 0) is 39.0 Å². The molecule has 0 amide bonds. The molecule has 0 bridgehead atoms. The van der Waals surface area contributed by atoms with E-state index in [1.165, 1.54) is 6.92 Å². The Bertz CT molecular complexity index is 468. The molecule has 1 aromatic rings. The number of carbonyl (C=O) groups is 1. The maximum absolute atomic E-state index is 13.5. The third-order valence-corrected chi connectivity index (χ3v) is 3.83. The molecule has 1 rings (SSSR count). The summed E-state index contributed by atoms with van der Waals surface area (Å²) in [6.45, 7) is 5.18. The number of carboxylic acids is 1. The van der Waals surface area contributed by atoms with Crippen molar-refractivity contribution in [3.8, 4) is 0 Å². The van der Waals surface area contributed by atoms with Crippen LogP contribution in [0, 0.1) is 11.6 Å². The molecule has 0 aliphatic heterocycles. The van der Waals surface area contributed by atoms with Gasteiger partial charge in [0.05, 0.1) is 0 Å². The maximum atomic E-state index is 13.5. The van der Waals surface area contributed by atoms with E-state index >= 15 is 0 Å². The standard InChI is InChI=1S/C13H17F2NO2S/c1-8(2)16-13(3,12(17)18)7-19-11-6-9(14)4-5-10(11)15/h4-6,8,16H,7H2,1-3H3,(H,17,18). The smallest absolute Gasteiger partial charge is 0.324 e. The minimum absolute atomic E-state index is 0.0287. The van der Waals surface area contributed by atoms with Gasteiger partial charge in [0.2, 0.25) is 0 Å². The molecule has 0 radical (unpaired) electrons. The molecule has 106 valence electrons. The quantitative estimate of drug-likeness (QED) is 0.791. The summed E-state index contributed by atoms with van der Waals surface area (Å²) in [6, 6.07) is 3.10.